The Kier molecular flexibility index (Phi) is 10.1. The highest BCUT2D eigenvalue weighted by molar-refractivity contribution is 7.48. The van der Waals surface area contributed by atoms with Crippen LogP contribution in [0.1, 0.15) is 27.2 Å². The Morgan fingerprint density at radius 1 is 1.28 bits per heavy atom. The van der Waals surface area contributed by atoms with Crippen molar-refractivity contribution in [3.63, 3.8) is 0 Å². The first-order valence-electron chi connectivity index (χ1n) is 8.54. The van der Waals surface area contributed by atoms with E-state index in [0.717, 1.165) is 6.42 Å². The van der Waals surface area contributed by atoms with E-state index >= 15 is 0 Å². The molecule has 0 aromatic carbocycles. The number of rotatable bonds is 12. The first-order chi connectivity index (χ1) is 11.8. The number of hydrogen-bond acceptors (Lipinski definition) is 8. The van der Waals surface area contributed by atoms with Crippen molar-refractivity contribution in [2.75, 3.05) is 34.0 Å². The quantitative estimate of drug-likeness (QED) is 0.402. The van der Waals surface area contributed by atoms with E-state index in [1.165, 1.54) is 14.2 Å². The van der Waals surface area contributed by atoms with Gasteiger partial charge in [-0.1, -0.05) is 6.92 Å². The zero-order valence-corrected chi connectivity index (χ0v) is 16.6. The minimum atomic E-state index is -3.74. The lowest BCUT2D eigenvalue weighted by molar-refractivity contribution is -0.0675. The van der Waals surface area contributed by atoms with Crippen LogP contribution in [-0.2, 0) is 32.3 Å². The van der Waals surface area contributed by atoms with E-state index in [1.54, 1.807) is 6.92 Å². The zero-order chi connectivity index (χ0) is 19.0. The molecule has 1 heterocycles. The van der Waals surface area contributed by atoms with Crippen molar-refractivity contribution in [1.82, 2.24) is 0 Å². The Labute approximate surface area is 152 Å². The summed E-state index contributed by atoms with van der Waals surface area (Å²) in [5.74, 6) is 0.302. The van der Waals surface area contributed by atoms with E-state index < -0.39 is 32.1 Å². The first-order valence-corrected chi connectivity index (χ1v) is 10.00. The topological polar surface area (TPSA) is 98.5 Å². The Morgan fingerprint density at radius 3 is 2.48 bits per heavy atom. The number of nitrogens with two attached hydrogens (primary N) is 1. The molecule has 3 unspecified atom stereocenters. The molecular formula is C15H31BNO7P. The van der Waals surface area contributed by atoms with E-state index in [2.05, 4.69) is 0 Å². The highest BCUT2D eigenvalue weighted by atomic mass is 31.2. The van der Waals surface area contributed by atoms with Gasteiger partial charge in [-0.15, -0.1) is 0 Å². The van der Waals surface area contributed by atoms with Gasteiger partial charge in [-0.05, 0) is 32.7 Å². The minimum absolute atomic E-state index is 0.125. The van der Waals surface area contributed by atoms with Crippen LogP contribution in [0.4, 0.5) is 0 Å². The normalized spacial score (nSPS) is 31.6. The van der Waals surface area contributed by atoms with Gasteiger partial charge in [0.1, 0.15) is 26.2 Å². The van der Waals surface area contributed by atoms with Crippen molar-refractivity contribution in [1.29, 1.82) is 0 Å². The number of methoxy groups -OCH3 is 1. The predicted molar refractivity (Wildman–Crippen MR) is 94.6 cm³/mol. The van der Waals surface area contributed by atoms with E-state index in [-0.39, 0.29) is 19.3 Å². The standard InChI is InChI=1S/C15H31BNO7P/c1-6-21-25(18,20-5)24-13-12(9-19-4)23-15(16)14(13)22-11(3)7-10(2)8-17/h10-15H,6-9,17H2,1-5H3/t10?,11?,12-,13+,14+,15-,25?/m1/s1. The summed E-state index contributed by atoms with van der Waals surface area (Å²) in [6.07, 6.45) is -1.30. The second-order valence-corrected chi connectivity index (χ2v) is 7.93. The average Bonchev–Trinajstić information content (AvgIpc) is 2.83. The largest absolute Gasteiger partial charge is 0.474 e. The molecule has 1 fully saturated rings. The molecule has 1 saturated heterocycles. The van der Waals surface area contributed by atoms with Crippen LogP contribution >= 0.6 is 7.82 Å². The van der Waals surface area contributed by atoms with Crippen molar-refractivity contribution >= 4 is 15.7 Å². The highest BCUT2D eigenvalue weighted by Crippen LogP contribution is 2.51. The van der Waals surface area contributed by atoms with Gasteiger partial charge in [0.05, 0.1) is 19.3 Å². The van der Waals surface area contributed by atoms with Crippen molar-refractivity contribution < 1.29 is 32.3 Å². The molecule has 0 saturated carbocycles. The van der Waals surface area contributed by atoms with E-state index in [9.17, 15) is 4.57 Å². The van der Waals surface area contributed by atoms with Crippen molar-refractivity contribution in [2.45, 2.75) is 57.6 Å². The first kappa shape index (κ1) is 23.1. The SMILES string of the molecule is [B][C@@H]1O[C@H](COC)[C@H](OP(=O)(OC)OCC)[C@@H]1OC(C)CC(C)CN. The van der Waals surface area contributed by atoms with Gasteiger partial charge in [-0.2, -0.15) is 0 Å². The number of phosphoric ester groups is 1. The van der Waals surface area contributed by atoms with Gasteiger partial charge in [-0.3, -0.25) is 13.6 Å². The van der Waals surface area contributed by atoms with E-state index in [0.29, 0.717) is 12.5 Å². The van der Waals surface area contributed by atoms with E-state index in [1.807, 2.05) is 13.8 Å². The second kappa shape index (κ2) is 11.0. The lowest BCUT2D eigenvalue weighted by Crippen LogP contribution is -2.41. The van der Waals surface area contributed by atoms with Crippen LogP contribution in [0.25, 0.3) is 0 Å². The fourth-order valence-corrected chi connectivity index (χ4v) is 3.88. The minimum Gasteiger partial charge on any atom is -0.382 e. The lowest BCUT2D eigenvalue weighted by Gasteiger charge is -2.29. The summed E-state index contributed by atoms with van der Waals surface area (Å²) in [6, 6.07) is -0.743. The van der Waals surface area contributed by atoms with Gasteiger partial charge in [0.15, 0.2) is 0 Å². The van der Waals surface area contributed by atoms with Crippen molar-refractivity contribution in [3.05, 3.63) is 0 Å². The van der Waals surface area contributed by atoms with Gasteiger partial charge in [0.2, 0.25) is 0 Å². The van der Waals surface area contributed by atoms with Crippen molar-refractivity contribution in [3.8, 4) is 0 Å². The molecule has 7 atom stereocenters. The van der Waals surface area contributed by atoms with Gasteiger partial charge >= 0.3 is 7.82 Å². The zero-order valence-electron chi connectivity index (χ0n) is 15.8. The molecule has 0 spiro atoms. The van der Waals surface area contributed by atoms with Crippen LogP contribution in [0, 0.1) is 5.92 Å². The van der Waals surface area contributed by atoms with Gasteiger partial charge in [-0.25, -0.2) is 4.57 Å². The van der Waals surface area contributed by atoms with Crippen LogP contribution < -0.4 is 5.73 Å². The van der Waals surface area contributed by atoms with Crippen LogP contribution in [0.5, 0.6) is 0 Å². The number of ether oxygens (including phenoxy) is 3. The summed E-state index contributed by atoms with van der Waals surface area (Å²) in [5, 5.41) is 0. The van der Waals surface area contributed by atoms with Gasteiger partial charge in [0, 0.05) is 20.2 Å². The van der Waals surface area contributed by atoms with Gasteiger partial charge in [0.25, 0.3) is 0 Å². The fourth-order valence-electron chi connectivity index (χ4n) is 2.76. The summed E-state index contributed by atoms with van der Waals surface area (Å²) >= 11 is 0. The maximum absolute atomic E-state index is 12.6. The van der Waals surface area contributed by atoms with Crippen LogP contribution in [0.15, 0.2) is 0 Å². The molecule has 0 amide bonds. The summed E-state index contributed by atoms with van der Waals surface area (Å²) in [4.78, 5) is 0. The Morgan fingerprint density at radius 2 is 1.96 bits per heavy atom. The molecule has 1 rings (SSSR count). The summed E-state index contributed by atoms with van der Waals surface area (Å²) in [7, 11) is 5.11. The average molecular weight is 379 g/mol. The molecule has 146 valence electrons. The van der Waals surface area contributed by atoms with Crippen molar-refractivity contribution in [2.24, 2.45) is 11.7 Å². The number of hydrogen-bond donors (Lipinski definition) is 1. The third-order valence-electron chi connectivity index (χ3n) is 3.96. The molecular weight excluding hydrogens is 348 g/mol. The molecule has 0 aromatic rings. The molecule has 2 N–H and O–H groups in total. The smallest absolute Gasteiger partial charge is 0.382 e. The summed E-state index contributed by atoms with van der Waals surface area (Å²) in [6.45, 7) is 6.62. The molecule has 0 aromatic heterocycles. The molecule has 2 radical (unpaired) electrons. The summed E-state index contributed by atoms with van der Waals surface area (Å²) in [5.41, 5.74) is 5.66. The number of phosphoric acid groups is 1. The Bertz CT molecular complexity index is 431. The fraction of sp³-hybridized carbons (Fsp3) is 1.00. The third kappa shape index (κ3) is 6.92. The highest BCUT2D eigenvalue weighted by Gasteiger charge is 2.48. The lowest BCUT2D eigenvalue weighted by atomic mass is 9.92. The van der Waals surface area contributed by atoms with Crippen LogP contribution in [0.2, 0.25) is 0 Å². The third-order valence-corrected chi connectivity index (χ3v) is 5.49. The maximum Gasteiger partial charge on any atom is 0.474 e. The van der Waals surface area contributed by atoms with Crippen LogP contribution in [0.3, 0.4) is 0 Å². The Hall–Kier alpha value is 0.0149. The Balaban J connectivity index is 2.88. The van der Waals surface area contributed by atoms with Crippen LogP contribution in [-0.4, -0.2) is 72.2 Å². The molecule has 0 aliphatic carbocycles. The molecule has 25 heavy (non-hydrogen) atoms. The molecule has 10 heteroatoms. The van der Waals surface area contributed by atoms with E-state index in [4.69, 9.17) is 41.4 Å². The summed E-state index contributed by atoms with van der Waals surface area (Å²) < 4.78 is 45.2. The molecule has 8 nitrogen and oxygen atoms in total. The monoisotopic (exact) mass is 379 g/mol. The molecule has 0 bridgehead atoms. The molecule has 1 aliphatic heterocycles. The predicted octanol–water partition coefficient (Wildman–Crippen LogP) is 1.46. The molecule has 1 aliphatic rings. The maximum atomic E-state index is 12.6. The second-order valence-electron chi connectivity index (χ2n) is 6.20. The van der Waals surface area contributed by atoms with Gasteiger partial charge < -0.3 is 19.9 Å².